The Labute approximate surface area is 155 Å². The van der Waals surface area contributed by atoms with E-state index in [-0.39, 0.29) is 5.82 Å². The van der Waals surface area contributed by atoms with Gasteiger partial charge in [0, 0.05) is 60.5 Å². The fraction of sp³-hybridized carbons (Fsp3) is 0.368. The highest BCUT2D eigenvalue weighted by atomic mass is 35.5. The van der Waals surface area contributed by atoms with E-state index in [9.17, 15) is 8.60 Å². The zero-order chi connectivity index (χ0) is 17.6. The lowest BCUT2D eigenvalue weighted by atomic mass is 10.2. The van der Waals surface area contributed by atoms with Gasteiger partial charge in [-0.05, 0) is 24.3 Å². The molecule has 0 spiro atoms. The molecule has 1 saturated heterocycles. The first-order chi connectivity index (χ1) is 12.1. The standard InChI is InChI=1S/C19H22ClFN2OS/c20-18-7-4-8-19(21)17(18)15-23-11-9-22(10-12-23)13-14-25(24)16-5-2-1-3-6-16/h1-8H,9-15H2/t25-/m1/s1. The van der Waals surface area contributed by atoms with E-state index < -0.39 is 10.8 Å². The van der Waals surface area contributed by atoms with Gasteiger partial charge in [0.15, 0.2) is 0 Å². The van der Waals surface area contributed by atoms with Crippen LogP contribution in [-0.4, -0.2) is 52.5 Å². The smallest absolute Gasteiger partial charge is 0.129 e. The highest BCUT2D eigenvalue weighted by Gasteiger charge is 2.19. The molecule has 0 aromatic heterocycles. The van der Waals surface area contributed by atoms with E-state index in [0.717, 1.165) is 37.6 Å². The molecule has 0 N–H and O–H groups in total. The van der Waals surface area contributed by atoms with E-state index in [1.54, 1.807) is 12.1 Å². The summed E-state index contributed by atoms with van der Waals surface area (Å²) in [5, 5.41) is 0.487. The second kappa shape index (κ2) is 8.90. The van der Waals surface area contributed by atoms with E-state index in [2.05, 4.69) is 9.80 Å². The van der Waals surface area contributed by atoms with Crippen LogP contribution >= 0.6 is 11.6 Å². The SMILES string of the molecule is O=[S@](CCN1CCN(Cc2c(F)cccc2Cl)CC1)c1ccccc1. The lowest BCUT2D eigenvalue weighted by Gasteiger charge is -2.34. The van der Waals surface area contributed by atoms with E-state index in [0.29, 0.717) is 22.9 Å². The maximum Gasteiger partial charge on any atom is 0.129 e. The third-order valence-electron chi connectivity index (χ3n) is 4.51. The molecule has 25 heavy (non-hydrogen) atoms. The first-order valence-electron chi connectivity index (χ1n) is 8.44. The van der Waals surface area contributed by atoms with Crippen LogP contribution in [-0.2, 0) is 17.3 Å². The second-order valence-electron chi connectivity index (χ2n) is 6.18. The molecule has 1 atom stereocenters. The topological polar surface area (TPSA) is 23.6 Å². The Hall–Kier alpha value is -1.27. The van der Waals surface area contributed by atoms with Crippen molar-refractivity contribution in [3.05, 3.63) is 64.9 Å². The molecule has 134 valence electrons. The number of hydrogen-bond donors (Lipinski definition) is 0. The van der Waals surface area contributed by atoms with Crippen molar-refractivity contribution in [3.8, 4) is 0 Å². The number of rotatable bonds is 6. The molecule has 1 fully saturated rings. The highest BCUT2D eigenvalue weighted by Crippen LogP contribution is 2.21. The third kappa shape index (κ3) is 5.11. The van der Waals surface area contributed by atoms with Crippen molar-refractivity contribution >= 4 is 22.4 Å². The summed E-state index contributed by atoms with van der Waals surface area (Å²) in [6.45, 7) is 4.88. The van der Waals surface area contributed by atoms with E-state index >= 15 is 0 Å². The average molecular weight is 381 g/mol. The van der Waals surface area contributed by atoms with Crippen LogP contribution < -0.4 is 0 Å². The van der Waals surface area contributed by atoms with Gasteiger partial charge >= 0.3 is 0 Å². The maximum atomic E-state index is 13.9. The van der Waals surface area contributed by atoms with Crippen LogP contribution in [0.15, 0.2) is 53.4 Å². The van der Waals surface area contributed by atoms with Crippen LogP contribution in [0.3, 0.4) is 0 Å². The molecule has 2 aromatic rings. The fourth-order valence-corrected chi connectivity index (χ4v) is 4.32. The van der Waals surface area contributed by atoms with Crippen LogP contribution in [0.2, 0.25) is 5.02 Å². The van der Waals surface area contributed by atoms with Gasteiger partial charge in [0.1, 0.15) is 5.82 Å². The lowest BCUT2D eigenvalue weighted by Crippen LogP contribution is -2.47. The molecule has 0 radical (unpaired) electrons. The molecule has 1 aliphatic heterocycles. The Morgan fingerprint density at radius 1 is 0.960 bits per heavy atom. The molecule has 0 unspecified atom stereocenters. The quantitative estimate of drug-likeness (QED) is 0.767. The summed E-state index contributed by atoms with van der Waals surface area (Å²) < 4.78 is 26.2. The van der Waals surface area contributed by atoms with Crippen molar-refractivity contribution < 1.29 is 8.60 Å². The summed E-state index contributed by atoms with van der Waals surface area (Å²) in [5.41, 5.74) is 0.572. The van der Waals surface area contributed by atoms with Gasteiger partial charge in [0.05, 0.1) is 10.8 Å². The fourth-order valence-electron chi connectivity index (χ4n) is 2.98. The Morgan fingerprint density at radius 2 is 1.64 bits per heavy atom. The summed E-state index contributed by atoms with van der Waals surface area (Å²) in [7, 11) is -0.954. The van der Waals surface area contributed by atoms with Crippen molar-refractivity contribution in [1.82, 2.24) is 9.80 Å². The molecule has 0 aliphatic carbocycles. The molecular formula is C19H22ClFN2OS. The molecule has 2 aromatic carbocycles. The van der Waals surface area contributed by atoms with Crippen LogP contribution in [0.1, 0.15) is 5.56 Å². The summed E-state index contributed by atoms with van der Waals surface area (Å²) in [6, 6.07) is 14.4. The second-order valence-corrected chi connectivity index (χ2v) is 8.16. The first kappa shape index (κ1) is 18.5. The van der Waals surface area contributed by atoms with Gasteiger partial charge in [-0.1, -0.05) is 35.9 Å². The van der Waals surface area contributed by atoms with Crippen LogP contribution in [0.4, 0.5) is 4.39 Å². The molecule has 3 rings (SSSR count). The van der Waals surface area contributed by atoms with Crippen LogP contribution in [0.25, 0.3) is 0 Å². The minimum Gasteiger partial charge on any atom is -0.300 e. The number of piperazine rings is 1. The predicted octanol–water partition coefficient (Wildman–Crippen LogP) is 3.40. The van der Waals surface area contributed by atoms with Gasteiger partial charge in [-0.15, -0.1) is 0 Å². The number of nitrogens with zero attached hydrogens (tertiary/aromatic N) is 2. The summed E-state index contributed by atoms with van der Waals surface area (Å²) in [5.74, 6) is 0.400. The van der Waals surface area contributed by atoms with Crippen molar-refractivity contribution in [1.29, 1.82) is 0 Å². The molecule has 0 saturated carbocycles. The van der Waals surface area contributed by atoms with Gasteiger partial charge < -0.3 is 0 Å². The van der Waals surface area contributed by atoms with Gasteiger partial charge in [0.2, 0.25) is 0 Å². The van der Waals surface area contributed by atoms with Gasteiger partial charge in [-0.3, -0.25) is 14.0 Å². The number of halogens is 2. The monoisotopic (exact) mass is 380 g/mol. The summed E-state index contributed by atoms with van der Waals surface area (Å²) in [6.07, 6.45) is 0. The average Bonchev–Trinajstić information content (AvgIpc) is 2.64. The molecule has 1 heterocycles. The van der Waals surface area contributed by atoms with E-state index in [4.69, 9.17) is 11.6 Å². The zero-order valence-corrected chi connectivity index (χ0v) is 15.6. The largest absolute Gasteiger partial charge is 0.300 e. The molecule has 1 aliphatic rings. The van der Waals surface area contributed by atoms with Gasteiger partial charge in [0.25, 0.3) is 0 Å². The zero-order valence-electron chi connectivity index (χ0n) is 14.0. The molecule has 3 nitrogen and oxygen atoms in total. The van der Waals surface area contributed by atoms with Crippen LogP contribution in [0.5, 0.6) is 0 Å². The number of benzene rings is 2. The van der Waals surface area contributed by atoms with Gasteiger partial charge in [-0.25, -0.2) is 4.39 Å². The van der Waals surface area contributed by atoms with Crippen LogP contribution in [0, 0.1) is 5.82 Å². The Morgan fingerprint density at radius 3 is 2.32 bits per heavy atom. The lowest BCUT2D eigenvalue weighted by molar-refractivity contribution is 0.131. The summed E-state index contributed by atoms with van der Waals surface area (Å²) >= 11 is 6.11. The minimum absolute atomic E-state index is 0.242. The molecule has 0 amide bonds. The van der Waals surface area contributed by atoms with E-state index in [1.165, 1.54) is 6.07 Å². The van der Waals surface area contributed by atoms with Gasteiger partial charge in [-0.2, -0.15) is 0 Å². The van der Waals surface area contributed by atoms with Crippen molar-refractivity contribution in [2.75, 3.05) is 38.5 Å². The molecule has 6 heteroatoms. The third-order valence-corrected chi connectivity index (χ3v) is 6.21. The Bertz CT molecular complexity index is 700. The Kier molecular flexibility index (Phi) is 6.59. The van der Waals surface area contributed by atoms with Crippen molar-refractivity contribution in [2.24, 2.45) is 0 Å². The minimum atomic E-state index is -0.954. The Balaban J connectivity index is 1.45. The summed E-state index contributed by atoms with van der Waals surface area (Å²) in [4.78, 5) is 5.42. The molecular weight excluding hydrogens is 359 g/mol. The van der Waals surface area contributed by atoms with Crippen molar-refractivity contribution in [2.45, 2.75) is 11.4 Å². The first-order valence-corrected chi connectivity index (χ1v) is 10.1. The normalized spacial score (nSPS) is 17.5. The van der Waals surface area contributed by atoms with Crippen molar-refractivity contribution in [3.63, 3.8) is 0 Å². The highest BCUT2D eigenvalue weighted by molar-refractivity contribution is 7.85. The van der Waals surface area contributed by atoms with E-state index in [1.807, 2.05) is 30.3 Å². The predicted molar refractivity (Wildman–Crippen MR) is 101 cm³/mol. The number of hydrogen-bond acceptors (Lipinski definition) is 3. The maximum absolute atomic E-state index is 13.9. The molecule has 0 bridgehead atoms.